The van der Waals surface area contributed by atoms with Gasteiger partial charge in [0.05, 0.1) is 5.92 Å². The van der Waals surface area contributed by atoms with Crippen LogP contribution in [0.5, 0.6) is 0 Å². The SMILES string of the molecule is CCCCCCCCCCCCCCC(C(=O)O)C(CCCCCCCCCCCCCC)(C(=O)O)S(=O)(=O)O.[H-].[Li+]. The average Bonchev–Trinajstić information content (AvgIpc) is 2.89. The first-order valence-corrected chi connectivity index (χ1v) is 18.0. The van der Waals surface area contributed by atoms with E-state index in [1.807, 2.05) is 0 Å². The van der Waals surface area contributed by atoms with Crippen molar-refractivity contribution in [1.82, 2.24) is 0 Å². The number of hydrogen-bond donors (Lipinski definition) is 3. The Bertz CT molecular complexity index is 751. The molecule has 0 saturated heterocycles. The second-order valence-corrected chi connectivity index (χ2v) is 13.6. The molecule has 0 rings (SSSR count). The van der Waals surface area contributed by atoms with E-state index in [1.165, 1.54) is 83.5 Å². The molecule has 0 bridgehead atoms. The van der Waals surface area contributed by atoms with Gasteiger partial charge < -0.3 is 11.6 Å². The molecule has 0 radical (unpaired) electrons. The van der Waals surface area contributed by atoms with E-state index in [9.17, 15) is 32.8 Å². The number of carbonyl (C=O) groups is 2. The van der Waals surface area contributed by atoms with Crippen LogP contribution in [0.2, 0.25) is 0 Å². The third kappa shape index (κ3) is 19.4. The Labute approximate surface area is 265 Å². The molecule has 2 unspecified atom stereocenters. The average molecular weight is 599 g/mol. The van der Waals surface area contributed by atoms with Gasteiger partial charge in [-0.05, 0) is 12.8 Å². The van der Waals surface area contributed by atoms with Gasteiger partial charge in [-0.15, -0.1) is 0 Å². The van der Waals surface area contributed by atoms with Gasteiger partial charge in [-0.25, -0.2) is 0 Å². The maximum Gasteiger partial charge on any atom is 1.00 e. The van der Waals surface area contributed by atoms with Crippen molar-refractivity contribution in [3.05, 3.63) is 0 Å². The number of hydrogen-bond acceptors (Lipinski definition) is 4. The summed E-state index contributed by atoms with van der Waals surface area (Å²) >= 11 is 0. The Hall–Kier alpha value is -0.553. The maximum atomic E-state index is 12.4. The summed E-state index contributed by atoms with van der Waals surface area (Å²) in [5, 5.41) is 19.8. The van der Waals surface area contributed by atoms with Gasteiger partial charge in [-0.1, -0.05) is 168 Å². The molecule has 41 heavy (non-hydrogen) atoms. The van der Waals surface area contributed by atoms with Gasteiger partial charge in [0.15, 0.2) is 0 Å². The molecule has 0 aromatic rings. The maximum absolute atomic E-state index is 12.4. The van der Waals surface area contributed by atoms with E-state index in [4.69, 9.17) is 0 Å². The Morgan fingerprint density at radius 1 is 0.585 bits per heavy atom. The van der Waals surface area contributed by atoms with Crippen molar-refractivity contribution in [2.45, 2.75) is 186 Å². The molecule has 3 N–H and O–H groups in total. The van der Waals surface area contributed by atoms with Crippen LogP contribution in [-0.4, -0.2) is 39.9 Å². The standard InChI is InChI=1S/C32H62O7S.Li.H/c1-3-5-7-9-11-13-15-17-19-21-23-25-27-29(30(33)34)32(31(35)36,40(37,38)39)28-26-24-22-20-18-16-14-12-10-8-6-4-2;;/h29H,3-28H2,1-2H3,(H,33,34)(H,35,36)(H,37,38,39);;/q;+1;-1. The summed E-state index contributed by atoms with van der Waals surface area (Å²) in [6.45, 7) is 4.42. The summed E-state index contributed by atoms with van der Waals surface area (Å²) < 4.78 is 32.1. The fourth-order valence-corrected chi connectivity index (χ4v) is 7.02. The summed E-state index contributed by atoms with van der Waals surface area (Å²) in [6, 6.07) is 0. The molecule has 0 heterocycles. The van der Waals surface area contributed by atoms with Crippen LogP contribution in [0.3, 0.4) is 0 Å². The first-order chi connectivity index (χ1) is 19.1. The molecular formula is C32H63LiO7S. The van der Waals surface area contributed by atoms with Crippen LogP contribution < -0.4 is 18.9 Å². The van der Waals surface area contributed by atoms with Crippen molar-refractivity contribution in [1.29, 1.82) is 0 Å². The molecule has 0 aromatic carbocycles. The van der Waals surface area contributed by atoms with Crippen molar-refractivity contribution < 1.29 is 53.1 Å². The Morgan fingerprint density at radius 2 is 0.878 bits per heavy atom. The second-order valence-electron chi connectivity index (χ2n) is 11.9. The first kappa shape index (κ1) is 42.6. The van der Waals surface area contributed by atoms with E-state index >= 15 is 0 Å². The normalized spacial score (nSPS) is 13.8. The van der Waals surface area contributed by atoms with Crippen LogP contribution in [0.4, 0.5) is 0 Å². The molecule has 7 nitrogen and oxygen atoms in total. The quantitative estimate of drug-likeness (QED) is 0.0477. The van der Waals surface area contributed by atoms with Gasteiger partial charge in [0, 0.05) is 0 Å². The van der Waals surface area contributed by atoms with Crippen LogP contribution in [0.1, 0.15) is 182 Å². The minimum atomic E-state index is -5.13. The predicted octanol–water partition coefficient (Wildman–Crippen LogP) is 6.70. The summed E-state index contributed by atoms with van der Waals surface area (Å²) in [5.74, 6) is -4.90. The fourth-order valence-electron chi connectivity index (χ4n) is 5.82. The number of carboxylic acid groups (broad SMARTS) is 2. The summed E-state index contributed by atoms with van der Waals surface area (Å²) in [4.78, 5) is 24.4. The topological polar surface area (TPSA) is 129 Å². The molecule has 0 spiro atoms. The number of aliphatic carboxylic acids is 2. The van der Waals surface area contributed by atoms with Gasteiger partial charge in [0.1, 0.15) is 0 Å². The van der Waals surface area contributed by atoms with Gasteiger partial charge in [0.2, 0.25) is 4.75 Å². The van der Waals surface area contributed by atoms with Crippen molar-refractivity contribution in [2.24, 2.45) is 5.92 Å². The second kappa shape index (κ2) is 27.0. The smallest absolute Gasteiger partial charge is 1.00 e. The summed E-state index contributed by atoms with van der Waals surface area (Å²) in [6.07, 6.45) is 25.2. The molecule has 9 heteroatoms. The van der Waals surface area contributed by atoms with Gasteiger partial charge in [-0.3, -0.25) is 14.1 Å². The molecule has 0 amide bonds. The van der Waals surface area contributed by atoms with Crippen molar-refractivity contribution >= 4 is 22.1 Å². The minimum absolute atomic E-state index is 0. The van der Waals surface area contributed by atoms with Crippen molar-refractivity contribution in [3.63, 3.8) is 0 Å². The molecule has 240 valence electrons. The molecule has 2 atom stereocenters. The largest absolute Gasteiger partial charge is 1.00 e. The minimum Gasteiger partial charge on any atom is -1.00 e. The molecule has 0 aliphatic heterocycles. The Morgan fingerprint density at radius 3 is 1.15 bits per heavy atom. The van der Waals surface area contributed by atoms with E-state index in [2.05, 4.69) is 13.8 Å². The zero-order chi connectivity index (χ0) is 30.1. The van der Waals surface area contributed by atoms with E-state index in [-0.39, 0.29) is 39.5 Å². The van der Waals surface area contributed by atoms with Crippen LogP contribution >= 0.6 is 0 Å². The van der Waals surface area contributed by atoms with E-state index in [0.29, 0.717) is 12.8 Å². The van der Waals surface area contributed by atoms with Crippen molar-refractivity contribution in [2.75, 3.05) is 0 Å². The zero-order valence-corrected chi connectivity index (χ0v) is 27.7. The van der Waals surface area contributed by atoms with Crippen LogP contribution in [0.25, 0.3) is 0 Å². The summed E-state index contributed by atoms with van der Waals surface area (Å²) in [7, 11) is -5.13. The van der Waals surface area contributed by atoms with E-state index in [0.717, 1.165) is 51.4 Å². The summed E-state index contributed by atoms with van der Waals surface area (Å²) in [5.41, 5.74) is 0. The molecule has 0 saturated carbocycles. The van der Waals surface area contributed by atoms with Gasteiger partial charge >= 0.3 is 30.8 Å². The molecule has 0 aliphatic rings. The number of unbranched alkanes of at least 4 members (excludes halogenated alkanes) is 22. The van der Waals surface area contributed by atoms with Crippen LogP contribution in [-0.2, 0) is 19.7 Å². The predicted molar refractivity (Wildman–Crippen MR) is 166 cm³/mol. The van der Waals surface area contributed by atoms with Gasteiger partial charge in [0.25, 0.3) is 10.1 Å². The van der Waals surface area contributed by atoms with Crippen molar-refractivity contribution in [3.8, 4) is 0 Å². The zero-order valence-electron chi connectivity index (χ0n) is 27.8. The Kier molecular flexibility index (Phi) is 28.1. The molecule has 0 aliphatic carbocycles. The van der Waals surface area contributed by atoms with Crippen LogP contribution in [0, 0.1) is 5.92 Å². The van der Waals surface area contributed by atoms with E-state index in [1.54, 1.807) is 0 Å². The fraction of sp³-hybridized carbons (Fsp3) is 0.938. The van der Waals surface area contributed by atoms with Gasteiger partial charge in [-0.2, -0.15) is 8.42 Å². The third-order valence-electron chi connectivity index (χ3n) is 8.43. The first-order valence-electron chi connectivity index (χ1n) is 16.6. The molecular weight excluding hydrogens is 535 g/mol. The Balaban J connectivity index is -0.00000760. The third-order valence-corrected chi connectivity index (χ3v) is 10.0. The molecule has 0 aromatic heterocycles. The molecule has 0 fully saturated rings. The monoisotopic (exact) mass is 598 g/mol. The van der Waals surface area contributed by atoms with Crippen LogP contribution in [0.15, 0.2) is 0 Å². The number of carboxylic acids is 2. The number of rotatable bonds is 30. The van der Waals surface area contributed by atoms with E-state index < -0.39 is 32.7 Å².